The molecule has 1 aliphatic heterocycles. The number of hydrogen-bond donors (Lipinski definition) is 1. The number of hydrogen-bond acceptors (Lipinski definition) is 3. The second-order valence-corrected chi connectivity index (χ2v) is 3.71. The molecule has 0 bridgehead atoms. The van der Waals surface area contributed by atoms with Crippen LogP contribution in [0.15, 0.2) is 0 Å². The van der Waals surface area contributed by atoms with E-state index in [0.717, 1.165) is 13.1 Å². The average Bonchev–Trinajstić information content (AvgIpc) is 2.04. The molecule has 0 saturated carbocycles. The van der Waals surface area contributed by atoms with Gasteiger partial charge in [-0.15, -0.1) is 0 Å². The minimum atomic E-state index is 0.329. The third-order valence-electron chi connectivity index (χ3n) is 2.46. The molecule has 0 aromatic heterocycles. The van der Waals surface area contributed by atoms with Crippen molar-refractivity contribution in [1.29, 1.82) is 0 Å². The predicted molar refractivity (Wildman–Crippen MR) is 50.1 cm³/mol. The van der Waals surface area contributed by atoms with E-state index in [1.807, 2.05) is 0 Å². The van der Waals surface area contributed by atoms with Crippen LogP contribution in [0, 0.1) is 0 Å². The normalized spacial score (nSPS) is 28.8. The summed E-state index contributed by atoms with van der Waals surface area (Å²) in [5, 5.41) is 0. The minimum absolute atomic E-state index is 0.329. The van der Waals surface area contributed by atoms with Crippen molar-refractivity contribution in [2.45, 2.75) is 31.9 Å². The molecule has 2 atom stereocenters. The fraction of sp³-hybridized carbons (Fsp3) is 1.00. The fourth-order valence-corrected chi connectivity index (χ4v) is 1.70. The standard InChI is InChI=1S/C9H20N2O/c1-8(12-2)6-11-5-3-4-9(10)7-11/h8-9H,3-7,10H2,1-2H3/t8?,9-/m1/s1. The van der Waals surface area contributed by atoms with Crippen LogP contribution in [0.1, 0.15) is 19.8 Å². The summed E-state index contributed by atoms with van der Waals surface area (Å²) >= 11 is 0. The van der Waals surface area contributed by atoms with Crippen molar-refractivity contribution in [2.75, 3.05) is 26.7 Å². The van der Waals surface area contributed by atoms with E-state index in [1.54, 1.807) is 7.11 Å². The van der Waals surface area contributed by atoms with Crippen molar-refractivity contribution in [3.05, 3.63) is 0 Å². The molecule has 1 heterocycles. The summed E-state index contributed by atoms with van der Waals surface area (Å²) in [6, 6.07) is 0.378. The first-order valence-corrected chi connectivity index (χ1v) is 4.73. The Labute approximate surface area is 74.9 Å². The Morgan fingerprint density at radius 1 is 1.67 bits per heavy atom. The summed E-state index contributed by atoms with van der Waals surface area (Å²) in [7, 11) is 1.76. The third kappa shape index (κ3) is 3.09. The molecule has 3 heteroatoms. The van der Waals surface area contributed by atoms with Gasteiger partial charge in [0.15, 0.2) is 0 Å². The molecule has 1 unspecified atom stereocenters. The smallest absolute Gasteiger partial charge is 0.0670 e. The first-order valence-electron chi connectivity index (χ1n) is 4.73. The van der Waals surface area contributed by atoms with E-state index in [4.69, 9.17) is 10.5 Å². The third-order valence-corrected chi connectivity index (χ3v) is 2.46. The summed E-state index contributed by atoms with van der Waals surface area (Å²) in [6.07, 6.45) is 2.74. The highest BCUT2D eigenvalue weighted by Gasteiger charge is 2.17. The first-order chi connectivity index (χ1) is 5.72. The highest BCUT2D eigenvalue weighted by molar-refractivity contribution is 4.75. The van der Waals surface area contributed by atoms with Crippen molar-refractivity contribution < 1.29 is 4.74 Å². The Kier molecular flexibility index (Phi) is 3.98. The quantitative estimate of drug-likeness (QED) is 0.671. The van der Waals surface area contributed by atoms with Gasteiger partial charge in [-0.1, -0.05) is 0 Å². The molecule has 0 amide bonds. The van der Waals surface area contributed by atoms with Crippen molar-refractivity contribution >= 4 is 0 Å². The molecule has 0 aliphatic carbocycles. The zero-order valence-corrected chi connectivity index (χ0v) is 8.12. The Hall–Kier alpha value is -0.120. The number of nitrogens with zero attached hydrogens (tertiary/aromatic N) is 1. The van der Waals surface area contributed by atoms with Crippen LogP contribution in [0.3, 0.4) is 0 Å². The molecule has 0 aromatic carbocycles. The molecule has 2 N–H and O–H groups in total. The summed E-state index contributed by atoms with van der Waals surface area (Å²) < 4.78 is 5.21. The van der Waals surface area contributed by atoms with E-state index < -0.39 is 0 Å². The second kappa shape index (κ2) is 4.80. The molecule has 3 nitrogen and oxygen atoms in total. The molecule has 12 heavy (non-hydrogen) atoms. The van der Waals surface area contributed by atoms with Crippen LogP contribution in [0.4, 0.5) is 0 Å². The van der Waals surface area contributed by atoms with E-state index in [2.05, 4.69) is 11.8 Å². The van der Waals surface area contributed by atoms with Crippen molar-refractivity contribution in [3.8, 4) is 0 Å². The van der Waals surface area contributed by atoms with Crippen LogP contribution in [0.25, 0.3) is 0 Å². The number of methoxy groups -OCH3 is 1. The summed E-state index contributed by atoms with van der Waals surface area (Å²) in [6.45, 7) is 5.33. The van der Waals surface area contributed by atoms with E-state index >= 15 is 0 Å². The van der Waals surface area contributed by atoms with Gasteiger partial charge in [-0.3, -0.25) is 4.90 Å². The zero-order chi connectivity index (χ0) is 8.97. The monoisotopic (exact) mass is 172 g/mol. The van der Waals surface area contributed by atoms with Gasteiger partial charge in [0, 0.05) is 26.2 Å². The van der Waals surface area contributed by atoms with Gasteiger partial charge in [0.1, 0.15) is 0 Å². The molecule has 0 aromatic rings. The van der Waals surface area contributed by atoms with Gasteiger partial charge in [0.2, 0.25) is 0 Å². The van der Waals surface area contributed by atoms with Crippen LogP contribution in [-0.2, 0) is 4.74 Å². The lowest BCUT2D eigenvalue weighted by atomic mass is 10.1. The number of nitrogens with two attached hydrogens (primary N) is 1. The number of piperidine rings is 1. The summed E-state index contributed by atoms with van der Waals surface area (Å²) in [4.78, 5) is 2.39. The average molecular weight is 172 g/mol. The minimum Gasteiger partial charge on any atom is -0.380 e. The lowest BCUT2D eigenvalue weighted by Gasteiger charge is -2.32. The number of rotatable bonds is 3. The molecule has 1 rings (SSSR count). The molecule has 72 valence electrons. The maximum atomic E-state index is 5.86. The van der Waals surface area contributed by atoms with Crippen LogP contribution in [0.2, 0.25) is 0 Å². The van der Waals surface area contributed by atoms with Gasteiger partial charge >= 0.3 is 0 Å². The molecular weight excluding hydrogens is 152 g/mol. The number of ether oxygens (including phenoxy) is 1. The Balaban J connectivity index is 2.22. The van der Waals surface area contributed by atoms with Crippen LogP contribution < -0.4 is 5.73 Å². The molecule has 0 radical (unpaired) electrons. The Morgan fingerprint density at radius 2 is 2.42 bits per heavy atom. The number of likely N-dealkylation sites (tertiary alicyclic amines) is 1. The zero-order valence-electron chi connectivity index (χ0n) is 8.12. The largest absolute Gasteiger partial charge is 0.380 e. The predicted octanol–water partition coefficient (Wildman–Crippen LogP) is 0.444. The van der Waals surface area contributed by atoms with Crippen LogP contribution in [-0.4, -0.2) is 43.8 Å². The van der Waals surface area contributed by atoms with Crippen molar-refractivity contribution in [3.63, 3.8) is 0 Å². The lowest BCUT2D eigenvalue weighted by molar-refractivity contribution is 0.0668. The van der Waals surface area contributed by atoms with Crippen molar-refractivity contribution in [1.82, 2.24) is 4.90 Å². The van der Waals surface area contributed by atoms with Gasteiger partial charge in [-0.25, -0.2) is 0 Å². The second-order valence-electron chi connectivity index (χ2n) is 3.71. The molecule has 1 saturated heterocycles. The van der Waals surface area contributed by atoms with Gasteiger partial charge in [0.05, 0.1) is 6.10 Å². The van der Waals surface area contributed by atoms with E-state index in [0.29, 0.717) is 12.1 Å². The van der Waals surface area contributed by atoms with Crippen LogP contribution in [0.5, 0.6) is 0 Å². The SMILES string of the molecule is COC(C)CN1CCC[C@@H](N)C1. The van der Waals surface area contributed by atoms with Gasteiger partial charge in [-0.05, 0) is 26.3 Å². The first kappa shape index (κ1) is 9.96. The van der Waals surface area contributed by atoms with E-state index in [1.165, 1.54) is 19.4 Å². The van der Waals surface area contributed by atoms with Gasteiger partial charge in [0.25, 0.3) is 0 Å². The summed E-state index contributed by atoms with van der Waals surface area (Å²) in [5.41, 5.74) is 5.86. The fourth-order valence-electron chi connectivity index (χ4n) is 1.70. The van der Waals surface area contributed by atoms with Gasteiger partial charge in [-0.2, -0.15) is 0 Å². The highest BCUT2D eigenvalue weighted by Crippen LogP contribution is 2.08. The highest BCUT2D eigenvalue weighted by atomic mass is 16.5. The lowest BCUT2D eigenvalue weighted by Crippen LogP contribution is -2.45. The van der Waals surface area contributed by atoms with E-state index in [9.17, 15) is 0 Å². The Morgan fingerprint density at radius 3 is 3.00 bits per heavy atom. The van der Waals surface area contributed by atoms with Crippen molar-refractivity contribution in [2.24, 2.45) is 5.73 Å². The Bertz CT molecular complexity index is 130. The molecule has 1 aliphatic rings. The maximum absolute atomic E-state index is 5.86. The molecule has 0 spiro atoms. The topological polar surface area (TPSA) is 38.5 Å². The van der Waals surface area contributed by atoms with E-state index in [-0.39, 0.29) is 0 Å². The van der Waals surface area contributed by atoms with Crippen LogP contribution >= 0.6 is 0 Å². The summed E-state index contributed by atoms with van der Waals surface area (Å²) in [5.74, 6) is 0. The molecular formula is C9H20N2O. The van der Waals surface area contributed by atoms with Gasteiger partial charge < -0.3 is 10.5 Å². The maximum Gasteiger partial charge on any atom is 0.0670 e. The molecule has 1 fully saturated rings.